The second-order valence-electron chi connectivity index (χ2n) is 8.80. The summed E-state index contributed by atoms with van der Waals surface area (Å²) in [4.78, 5) is 0. The van der Waals surface area contributed by atoms with E-state index in [1.807, 2.05) is 6.08 Å². The number of benzene rings is 1. The van der Waals surface area contributed by atoms with Gasteiger partial charge in [-0.2, -0.15) is 5.26 Å². The molecule has 2 aliphatic rings. The predicted octanol–water partition coefficient (Wildman–Crippen LogP) is 7.16. The van der Waals surface area contributed by atoms with Crippen molar-refractivity contribution in [1.29, 1.82) is 5.26 Å². The molecule has 3 heteroatoms. The van der Waals surface area contributed by atoms with Gasteiger partial charge in [0.15, 0.2) is 0 Å². The Labute approximate surface area is 174 Å². The lowest BCUT2D eigenvalue weighted by atomic mass is 9.69. The summed E-state index contributed by atoms with van der Waals surface area (Å²) in [5.41, 5.74) is -0.298. The van der Waals surface area contributed by atoms with Crippen LogP contribution in [-0.4, -0.2) is 0 Å². The van der Waals surface area contributed by atoms with E-state index >= 15 is 0 Å². The fourth-order valence-corrected chi connectivity index (χ4v) is 5.23. The molecule has 1 aromatic carbocycles. The highest BCUT2D eigenvalue weighted by molar-refractivity contribution is 5.43. The van der Waals surface area contributed by atoms with Crippen molar-refractivity contribution in [3.05, 3.63) is 47.0 Å². The van der Waals surface area contributed by atoms with E-state index in [1.165, 1.54) is 70.3 Å². The minimum Gasteiger partial charge on any atom is -0.205 e. The molecule has 2 fully saturated rings. The van der Waals surface area contributed by atoms with Gasteiger partial charge in [-0.05, 0) is 80.4 Å². The molecule has 0 heterocycles. The van der Waals surface area contributed by atoms with Crippen molar-refractivity contribution in [2.75, 3.05) is 0 Å². The molecule has 0 saturated heterocycles. The zero-order chi connectivity index (χ0) is 20.6. The lowest BCUT2D eigenvalue weighted by Crippen LogP contribution is -2.25. The van der Waals surface area contributed by atoms with Gasteiger partial charge in [0.05, 0.1) is 0 Å². The highest BCUT2D eigenvalue weighted by atomic mass is 19.1. The summed E-state index contributed by atoms with van der Waals surface area (Å²) < 4.78 is 27.2. The number of hydrogen-bond donors (Lipinski definition) is 0. The largest absolute Gasteiger partial charge is 0.205 e. The summed E-state index contributed by atoms with van der Waals surface area (Å²) in [6.45, 7) is 2.30. The summed E-state index contributed by atoms with van der Waals surface area (Å²) in [6.07, 6.45) is 17.5. The molecular formula is C26H31F2N. The molecule has 0 N–H and O–H groups in total. The zero-order valence-electron chi connectivity index (χ0n) is 17.4. The van der Waals surface area contributed by atoms with E-state index in [-0.39, 0.29) is 5.56 Å². The summed E-state index contributed by atoms with van der Waals surface area (Å²) in [6, 6.07) is 3.75. The van der Waals surface area contributed by atoms with Crippen LogP contribution in [0.15, 0.2) is 24.3 Å². The standard InChI is InChI=1S/C26H31F2N/c1-2-5-19-8-12-22(13-9-19)23-14-10-20(11-15-23)6-3-4-7-21-16-25(27)24(18-29)26(28)17-21/h3,6,16-17,19-20,22-23H,2,5,8-15H2,1H3/b6-3+. The molecule has 2 aliphatic carbocycles. The molecule has 0 radical (unpaired) electrons. The molecule has 0 aromatic heterocycles. The van der Waals surface area contributed by atoms with Crippen molar-refractivity contribution in [3.8, 4) is 17.9 Å². The van der Waals surface area contributed by atoms with Gasteiger partial charge in [-0.1, -0.05) is 50.5 Å². The van der Waals surface area contributed by atoms with Crippen LogP contribution in [0.1, 0.15) is 82.3 Å². The van der Waals surface area contributed by atoms with Crippen molar-refractivity contribution < 1.29 is 8.78 Å². The lowest BCUT2D eigenvalue weighted by Gasteiger charge is -2.37. The average Bonchev–Trinajstić information content (AvgIpc) is 2.72. The van der Waals surface area contributed by atoms with E-state index < -0.39 is 17.2 Å². The number of hydrogen-bond acceptors (Lipinski definition) is 1. The highest BCUT2D eigenvalue weighted by Crippen LogP contribution is 2.42. The van der Waals surface area contributed by atoms with Crippen molar-refractivity contribution in [2.24, 2.45) is 23.7 Å². The normalized spacial score (nSPS) is 27.2. The van der Waals surface area contributed by atoms with Crippen LogP contribution < -0.4 is 0 Å². The predicted molar refractivity (Wildman–Crippen MR) is 113 cm³/mol. The van der Waals surface area contributed by atoms with Crippen molar-refractivity contribution >= 4 is 0 Å². The molecule has 0 aliphatic heterocycles. The van der Waals surface area contributed by atoms with Gasteiger partial charge in [-0.3, -0.25) is 0 Å². The fourth-order valence-electron chi connectivity index (χ4n) is 5.23. The Kier molecular flexibility index (Phi) is 7.88. The number of nitrogens with zero attached hydrogens (tertiary/aromatic N) is 1. The highest BCUT2D eigenvalue weighted by Gasteiger charge is 2.29. The fraction of sp³-hybridized carbons (Fsp3) is 0.577. The van der Waals surface area contributed by atoms with Crippen molar-refractivity contribution in [2.45, 2.75) is 71.1 Å². The number of nitriles is 1. The molecular weight excluding hydrogens is 364 g/mol. The third-order valence-corrected chi connectivity index (χ3v) is 6.89. The Balaban J connectivity index is 1.45. The first-order chi connectivity index (χ1) is 14.1. The molecule has 29 heavy (non-hydrogen) atoms. The Morgan fingerprint density at radius 2 is 1.55 bits per heavy atom. The van der Waals surface area contributed by atoms with Crippen LogP contribution in [0.2, 0.25) is 0 Å². The number of rotatable bonds is 4. The maximum absolute atomic E-state index is 13.6. The number of allylic oxidation sites excluding steroid dienone is 2. The molecule has 0 atom stereocenters. The molecule has 0 spiro atoms. The van der Waals surface area contributed by atoms with Gasteiger partial charge in [0, 0.05) is 5.56 Å². The van der Waals surface area contributed by atoms with Gasteiger partial charge in [0.1, 0.15) is 23.3 Å². The smallest absolute Gasteiger partial charge is 0.145 e. The molecule has 2 saturated carbocycles. The van der Waals surface area contributed by atoms with Gasteiger partial charge < -0.3 is 0 Å². The maximum Gasteiger partial charge on any atom is 0.145 e. The molecule has 0 amide bonds. The first-order valence-electron chi connectivity index (χ1n) is 11.2. The van der Waals surface area contributed by atoms with E-state index in [9.17, 15) is 8.78 Å². The van der Waals surface area contributed by atoms with Crippen LogP contribution in [-0.2, 0) is 0 Å². The average molecular weight is 396 g/mol. The van der Waals surface area contributed by atoms with E-state index in [0.717, 1.165) is 29.9 Å². The monoisotopic (exact) mass is 395 g/mol. The van der Waals surface area contributed by atoms with Gasteiger partial charge in [-0.25, -0.2) is 8.78 Å². The quantitative estimate of drug-likeness (QED) is 0.496. The molecule has 1 nitrogen and oxygen atoms in total. The van der Waals surface area contributed by atoms with Crippen molar-refractivity contribution in [1.82, 2.24) is 0 Å². The third-order valence-electron chi connectivity index (χ3n) is 6.89. The summed E-state index contributed by atoms with van der Waals surface area (Å²) >= 11 is 0. The van der Waals surface area contributed by atoms with E-state index in [1.54, 1.807) is 0 Å². The Morgan fingerprint density at radius 3 is 2.10 bits per heavy atom. The van der Waals surface area contributed by atoms with Crippen LogP contribution >= 0.6 is 0 Å². The lowest BCUT2D eigenvalue weighted by molar-refractivity contribution is 0.152. The van der Waals surface area contributed by atoms with Crippen molar-refractivity contribution in [3.63, 3.8) is 0 Å². The minimum atomic E-state index is -0.858. The SMILES string of the molecule is CCCC1CCC(C2CCC(/C=C/C#Cc3cc(F)c(C#N)c(F)c3)CC2)CC1. The molecule has 154 valence electrons. The maximum atomic E-state index is 13.6. The van der Waals surface area contributed by atoms with Crippen LogP contribution in [0.25, 0.3) is 0 Å². The summed E-state index contributed by atoms with van der Waals surface area (Å²) in [5, 5.41) is 8.71. The van der Waals surface area contributed by atoms with Crippen LogP contribution in [0.4, 0.5) is 8.78 Å². The first-order valence-corrected chi connectivity index (χ1v) is 11.2. The second kappa shape index (κ2) is 10.6. The first kappa shape index (κ1) is 21.6. The minimum absolute atomic E-state index is 0.256. The summed E-state index contributed by atoms with van der Waals surface area (Å²) in [7, 11) is 0. The van der Waals surface area contributed by atoms with E-state index in [0.29, 0.717) is 5.92 Å². The van der Waals surface area contributed by atoms with E-state index in [2.05, 4.69) is 24.8 Å². The Morgan fingerprint density at radius 1 is 0.966 bits per heavy atom. The molecule has 0 bridgehead atoms. The van der Waals surface area contributed by atoms with Gasteiger partial charge >= 0.3 is 0 Å². The van der Waals surface area contributed by atoms with Gasteiger partial charge in [0.2, 0.25) is 0 Å². The van der Waals surface area contributed by atoms with Crippen LogP contribution in [0.3, 0.4) is 0 Å². The van der Waals surface area contributed by atoms with Crippen LogP contribution in [0.5, 0.6) is 0 Å². The van der Waals surface area contributed by atoms with Crippen LogP contribution in [0, 0.1) is 58.5 Å². The third kappa shape index (κ3) is 5.93. The second-order valence-corrected chi connectivity index (χ2v) is 8.80. The molecule has 0 unspecified atom stereocenters. The molecule has 3 rings (SSSR count). The van der Waals surface area contributed by atoms with Gasteiger partial charge in [-0.15, -0.1) is 0 Å². The number of halogens is 2. The topological polar surface area (TPSA) is 23.8 Å². The zero-order valence-corrected chi connectivity index (χ0v) is 17.4. The molecule has 1 aromatic rings. The Bertz CT molecular complexity index is 784. The summed E-state index contributed by atoms with van der Waals surface area (Å²) in [5.74, 6) is 7.31. The van der Waals surface area contributed by atoms with E-state index in [4.69, 9.17) is 5.26 Å². The Hall–Kier alpha value is -2.13. The van der Waals surface area contributed by atoms with Gasteiger partial charge in [0.25, 0.3) is 0 Å².